The SMILES string of the molecule is CN1C(Cl)=NC(N)=NC1N. The van der Waals surface area contributed by atoms with Gasteiger partial charge in [-0.15, -0.1) is 0 Å². The largest absolute Gasteiger partial charge is 0.368 e. The molecule has 0 radical (unpaired) electrons. The van der Waals surface area contributed by atoms with Crippen LogP contribution in [0.15, 0.2) is 9.98 Å². The van der Waals surface area contributed by atoms with E-state index < -0.39 is 6.29 Å². The molecule has 0 saturated heterocycles. The summed E-state index contributed by atoms with van der Waals surface area (Å²) in [6.45, 7) is 0. The van der Waals surface area contributed by atoms with Gasteiger partial charge < -0.3 is 10.6 Å². The van der Waals surface area contributed by atoms with Crippen LogP contribution in [0.5, 0.6) is 0 Å². The highest BCUT2D eigenvalue weighted by atomic mass is 35.5. The molecule has 0 saturated carbocycles. The van der Waals surface area contributed by atoms with Crippen LogP contribution in [0, 0.1) is 0 Å². The fourth-order valence-electron chi connectivity index (χ4n) is 0.534. The number of rotatable bonds is 0. The zero-order valence-corrected chi connectivity index (χ0v) is 6.21. The topological polar surface area (TPSA) is 80.0 Å². The van der Waals surface area contributed by atoms with Crippen LogP contribution in [0.25, 0.3) is 0 Å². The van der Waals surface area contributed by atoms with E-state index in [9.17, 15) is 0 Å². The molecule has 1 rings (SSSR count). The van der Waals surface area contributed by atoms with Crippen LogP contribution in [-0.2, 0) is 0 Å². The Morgan fingerprint density at radius 3 is 2.80 bits per heavy atom. The number of nitrogens with two attached hydrogens (primary N) is 2. The molecule has 0 spiro atoms. The molecular weight excluding hydrogens is 154 g/mol. The standard InChI is InChI=1S/C4H8ClN5/c1-10-2(5)8-3(6)9-4(10)7/h4H,7H2,1H3,(H2,6,9). The number of halogens is 1. The minimum Gasteiger partial charge on any atom is -0.368 e. The van der Waals surface area contributed by atoms with Gasteiger partial charge in [-0.05, 0) is 11.6 Å². The molecule has 56 valence electrons. The van der Waals surface area contributed by atoms with Crippen molar-refractivity contribution in [1.29, 1.82) is 0 Å². The Kier molecular flexibility index (Phi) is 1.78. The fourth-order valence-corrected chi connectivity index (χ4v) is 0.720. The van der Waals surface area contributed by atoms with Crippen LogP contribution in [0.1, 0.15) is 0 Å². The van der Waals surface area contributed by atoms with Crippen molar-refractivity contribution >= 4 is 22.9 Å². The number of guanidine groups is 1. The smallest absolute Gasteiger partial charge is 0.221 e. The zero-order chi connectivity index (χ0) is 7.72. The first-order valence-corrected chi connectivity index (χ1v) is 3.05. The van der Waals surface area contributed by atoms with Gasteiger partial charge in [-0.25, -0.2) is 4.99 Å². The second-order valence-electron chi connectivity index (χ2n) is 1.89. The van der Waals surface area contributed by atoms with Gasteiger partial charge in [0.2, 0.25) is 11.3 Å². The molecule has 1 atom stereocenters. The van der Waals surface area contributed by atoms with E-state index in [1.165, 1.54) is 4.90 Å². The molecule has 0 amide bonds. The van der Waals surface area contributed by atoms with Crippen molar-refractivity contribution in [3.8, 4) is 0 Å². The summed E-state index contributed by atoms with van der Waals surface area (Å²) in [6, 6.07) is 0. The van der Waals surface area contributed by atoms with E-state index in [-0.39, 0.29) is 11.3 Å². The Morgan fingerprint density at radius 1 is 1.70 bits per heavy atom. The molecule has 0 aliphatic carbocycles. The van der Waals surface area contributed by atoms with Crippen LogP contribution in [0.4, 0.5) is 0 Å². The molecule has 0 bridgehead atoms. The van der Waals surface area contributed by atoms with Gasteiger partial charge in [-0.2, -0.15) is 4.99 Å². The first-order chi connectivity index (χ1) is 4.61. The van der Waals surface area contributed by atoms with Crippen LogP contribution in [0.3, 0.4) is 0 Å². The van der Waals surface area contributed by atoms with E-state index in [2.05, 4.69) is 9.98 Å². The molecular formula is C4H8ClN5. The minimum absolute atomic E-state index is 0.121. The molecule has 10 heavy (non-hydrogen) atoms. The van der Waals surface area contributed by atoms with Gasteiger partial charge in [0.05, 0.1) is 0 Å². The van der Waals surface area contributed by atoms with Crippen LogP contribution in [0.2, 0.25) is 0 Å². The highest BCUT2D eigenvalue weighted by Gasteiger charge is 2.16. The Balaban J connectivity index is 2.85. The summed E-state index contributed by atoms with van der Waals surface area (Å²) in [5.74, 6) is 0.121. The lowest BCUT2D eigenvalue weighted by Crippen LogP contribution is -2.44. The van der Waals surface area contributed by atoms with Gasteiger partial charge in [0.15, 0.2) is 6.29 Å². The summed E-state index contributed by atoms with van der Waals surface area (Å²) in [6.07, 6.45) is -0.509. The van der Waals surface area contributed by atoms with Crippen molar-refractivity contribution in [2.24, 2.45) is 21.5 Å². The molecule has 0 aromatic carbocycles. The summed E-state index contributed by atoms with van der Waals surface area (Å²) in [5.41, 5.74) is 10.7. The first kappa shape index (κ1) is 7.30. The van der Waals surface area contributed by atoms with Gasteiger partial charge >= 0.3 is 0 Å². The second kappa shape index (κ2) is 2.43. The van der Waals surface area contributed by atoms with E-state index in [1.807, 2.05) is 0 Å². The van der Waals surface area contributed by atoms with Crippen molar-refractivity contribution in [2.75, 3.05) is 7.05 Å². The second-order valence-corrected chi connectivity index (χ2v) is 2.23. The van der Waals surface area contributed by atoms with Gasteiger partial charge in [-0.3, -0.25) is 5.73 Å². The van der Waals surface area contributed by atoms with Crippen LogP contribution < -0.4 is 11.5 Å². The maximum Gasteiger partial charge on any atom is 0.221 e. The molecule has 6 heteroatoms. The number of nitrogens with zero attached hydrogens (tertiary/aromatic N) is 3. The van der Waals surface area contributed by atoms with Crippen LogP contribution in [-0.4, -0.2) is 29.5 Å². The van der Waals surface area contributed by atoms with Gasteiger partial charge in [0, 0.05) is 7.05 Å². The van der Waals surface area contributed by atoms with Gasteiger partial charge in [0.25, 0.3) is 0 Å². The molecule has 0 aromatic heterocycles. The van der Waals surface area contributed by atoms with Crippen LogP contribution >= 0.6 is 11.6 Å². The van der Waals surface area contributed by atoms with E-state index in [0.29, 0.717) is 0 Å². The van der Waals surface area contributed by atoms with E-state index in [1.54, 1.807) is 7.05 Å². The quantitative estimate of drug-likeness (QED) is 0.451. The Hall–Kier alpha value is -0.810. The molecule has 0 fully saturated rings. The van der Waals surface area contributed by atoms with Gasteiger partial charge in [-0.1, -0.05) is 0 Å². The molecule has 0 aromatic rings. The zero-order valence-electron chi connectivity index (χ0n) is 5.45. The summed E-state index contributed by atoms with van der Waals surface area (Å²) < 4.78 is 0. The maximum atomic E-state index is 5.59. The summed E-state index contributed by atoms with van der Waals surface area (Å²) in [7, 11) is 1.69. The molecule has 4 N–H and O–H groups in total. The number of hydrogen-bond acceptors (Lipinski definition) is 5. The highest BCUT2D eigenvalue weighted by molar-refractivity contribution is 6.65. The average molecular weight is 162 g/mol. The van der Waals surface area contributed by atoms with Crippen molar-refractivity contribution in [1.82, 2.24) is 4.90 Å². The predicted molar refractivity (Wildman–Crippen MR) is 40.6 cm³/mol. The third kappa shape index (κ3) is 1.19. The molecule has 5 nitrogen and oxygen atoms in total. The number of amidine groups is 1. The van der Waals surface area contributed by atoms with Crippen molar-refractivity contribution in [3.05, 3.63) is 0 Å². The normalized spacial score (nSPS) is 25.9. The third-order valence-corrected chi connectivity index (χ3v) is 1.51. The van der Waals surface area contributed by atoms with E-state index in [0.717, 1.165) is 0 Å². The molecule has 1 unspecified atom stereocenters. The van der Waals surface area contributed by atoms with E-state index >= 15 is 0 Å². The van der Waals surface area contributed by atoms with Crippen molar-refractivity contribution in [3.63, 3.8) is 0 Å². The number of hydrogen-bond donors (Lipinski definition) is 2. The summed E-state index contributed by atoms with van der Waals surface area (Å²) >= 11 is 5.59. The Labute approximate surface area is 63.4 Å². The lowest BCUT2D eigenvalue weighted by Gasteiger charge is -2.24. The first-order valence-electron chi connectivity index (χ1n) is 2.67. The van der Waals surface area contributed by atoms with E-state index in [4.69, 9.17) is 23.1 Å². The third-order valence-electron chi connectivity index (χ3n) is 1.16. The van der Waals surface area contributed by atoms with Gasteiger partial charge in [0.1, 0.15) is 0 Å². The highest BCUT2D eigenvalue weighted by Crippen LogP contribution is 2.03. The predicted octanol–water partition coefficient (Wildman–Crippen LogP) is -0.916. The summed E-state index contributed by atoms with van der Waals surface area (Å²) in [5, 5.41) is 0.264. The Morgan fingerprint density at radius 2 is 2.30 bits per heavy atom. The minimum atomic E-state index is -0.509. The lowest BCUT2D eigenvalue weighted by molar-refractivity contribution is 0.387. The Bertz CT molecular complexity index is 198. The van der Waals surface area contributed by atoms with Crippen molar-refractivity contribution < 1.29 is 0 Å². The molecule has 1 aliphatic heterocycles. The summed E-state index contributed by atoms with van der Waals surface area (Å²) in [4.78, 5) is 8.92. The lowest BCUT2D eigenvalue weighted by atomic mass is 10.7. The fraction of sp³-hybridized carbons (Fsp3) is 0.500. The number of aliphatic imine (C=N–C) groups is 2. The maximum absolute atomic E-state index is 5.59. The molecule has 1 aliphatic rings. The van der Waals surface area contributed by atoms with Crippen molar-refractivity contribution in [2.45, 2.75) is 6.29 Å². The molecule has 1 heterocycles. The monoisotopic (exact) mass is 161 g/mol. The average Bonchev–Trinajstić information content (AvgIpc) is 1.82.